The Morgan fingerprint density at radius 1 is 1.23 bits per heavy atom. The van der Waals surface area contributed by atoms with Crippen LogP contribution in [-0.2, 0) is 0 Å². The van der Waals surface area contributed by atoms with Crippen molar-refractivity contribution in [2.75, 3.05) is 0 Å². The van der Waals surface area contributed by atoms with Crippen LogP contribution in [0.25, 0.3) is 0 Å². The zero-order valence-corrected chi connectivity index (χ0v) is 8.58. The van der Waals surface area contributed by atoms with Gasteiger partial charge in [-0.25, -0.2) is 0 Å². The molecular formula is C11H20O2. The molecule has 2 fully saturated rings. The van der Waals surface area contributed by atoms with Gasteiger partial charge in [-0.05, 0) is 38.5 Å². The summed E-state index contributed by atoms with van der Waals surface area (Å²) in [5, 5.41) is 20.4. The largest absolute Gasteiger partial charge is 0.392 e. The molecule has 0 amide bonds. The van der Waals surface area contributed by atoms with E-state index in [-0.39, 0.29) is 11.5 Å². The molecule has 4 atom stereocenters. The molecule has 2 saturated carbocycles. The normalized spacial score (nSPS) is 56.3. The van der Waals surface area contributed by atoms with Crippen LogP contribution in [0, 0.1) is 11.3 Å². The molecule has 0 aromatic heterocycles. The van der Waals surface area contributed by atoms with E-state index < -0.39 is 5.60 Å². The Labute approximate surface area is 80.0 Å². The number of aliphatic hydroxyl groups is 2. The van der Waals surface area contributed by atoms with Crippen molar-refractivity contribution in [2.45, 2.75) is 57.7 Å². The second-order valence-corrected chi connectivity index (χ2v) is 5.15. The molecule has 0 aromatic rings. The molecule has 0 aromatic carbocycles. The summed E-state index contributed by atoms with van der Waals surface area (Å²) < 4.78 is 0. The smallest absolute Gasteiger partial charge is 0.0725 e. The van der Waals surface area contributed by atoms with Gasteiger partial charge in [-0.3, -0.25) is 0 Å². The third-order valence-corrected chi connectivity index (χ3v) is 4.73. The highest BCUT2D eigenvalue weighted by Crippen LogP contribution is 2.58. The maximum absolute atomic E-state index is 10.4. The zero-order chi connectivity index (χ0) is 9.69. The summed E-state index contributed by atoms with van der Waals surface area (Å²) >= 11 is 0. The first-order valence-electron chi connectivity index (χ1n) is 5.41. The predicted octanol–water partition coefficient (Wildman–Crippen LogP) is 1.70. The first kappa shape index (κ1) is 9.47. The average Bonchev–Trinajstić information content (AvgIpc) is 2.52. The molecule has 2 N–H and O–H groups in total. The highest BCUT2D eigenvalue weighted by atomic mass is 16.3. The number of rotatable bonds is 0. The van der Waals surface area contributed by atoms with E-state index in [1.165, 1.54) is 0 Å². The Morgan fingerprint density at radius 3 is 2.31 bits per heavy atom. The molecule has 13 heavy (non-hydrogen) atoms. The maximum Gasteiger partial charge on any atom is 0.0725 e. The summed E-state index contributed by atoms with van der Waals surface area (Å²) in [6.07, 6.45) is 4.75. The van der Waals surface area contributed by atoms with E-state index in [9.17, 15) is 10.2 Å². The first-order valence-corrected chi connectivity index (χ1v) is 5.41. The van der Waals surface area contributed by atoms with Crippen LogP contribution < -0.4 is 0 Å². The van der Waals surface area contributed by atoms with Crippen molar-refractivity contribution in [2.24, 2.45) is 11.3 Å². The van der Waals surface area contributed by atoms with Crippen molar-refractivity contribution in [3.05, 3.63) is 0 Å². The Hall–Kier alpha value is -0.0800. The minimum Gasteiger partial charge on any atom is -0.392 e. The van der Waals surface area contributed by atoms with Crippen molar-refractivity contribution < 1.29 is 10.2 Å². The van der Waals surface area contributed by atoms with Crippen LogP contribution in [-0.4, -0.2) is 21.9 Å². The summed E-state index contributed by atoms with van der Waals surface area (Å²) in [4.78, 5) is 0. The topological polar surface area (TPSA) is 40.5 Å². The number of hydrogen-bond donors (Lipinski definition) is 2. The van der Waals surface area contributed by atoms with E-state index in [0.29, 0.717) is 5.92 Å². The highest BCUT2D eigenvalue weighted by molar-refractivity contribution is 5.10. The van der Waals surface area contributed by atoms with Gasteiger partial charge in [-0.15, -0.1) is 0 Å². The lowest BCUT2D eigenvalue weighted by molar-refractivity contribution is -0.116. The van der Waals surface area contributed by atoms with Crippen molar-refractivity contribution in [1.82, 2.24) is 0 Å². The molecule has 0 aliphatic heterocycles. The molecule has 1 spiro atoms. The molecule has 0 heterocycles. The molecule has 1 unspecified atom stereocenters. The van der Waals surface area contributed by atoms with Crippen LogP contribution in [0.3, 0.4) is 0 Å². The van der Waals surface area contributed by atoms with Crippen LogP contribution >= 0.6 is 0 Å². The van der Waals surface area contributed by atoms with Crippen LogP contribution in [0.15, 0.2) is 0 Å². The molecule has 0 saturated heterocycles. The van der Waals surface area contributed by atoms with Crippen LogP contribution in [0.5, 0.6) is 0 Å². The van der Waals surface area contributed by atoms with E-state index in [1.54, 1.807) is 0 Å². The molecule has 2 heteroatoms. The van der Waals surface area contributed by atoms with Gasteiger partial charge in [0.1, 0.15) is 0 Å². The summed E-state index contributed by atoms with van der Waals surface area (Å²) in [7, 11) is 0. The minimum absolute atomic E-state index is 0.174. The van der Waals surface area contributed by atoms with Gasteiger partial charge in [0.05, 0.1) is 11.7 Å². The Bertz CT molecular complexity index is 212. The van der Waals surface area contributed by atoms with Gasteiger partial charge in [0.25, 0.3) is 0 Å². The quantitative estimate of drug-likeness (QED) is 0.601. The Morgan fingerprint density at radius 2 is 1.92 bits per heavy atom. The molecule has 2 nitrogen and oxygen atoms in total. The van der Waals surface area contributed by atoms with Gasteiger partial charge >= 0.3 is 0 Å². The molecule has 0 radical (unpaired) electrons. The monoisotopic (exact) mass is 184 g/mol. The van der Waals surface area contributed by atoms with Gasteiger partial charge in [-0.2, -0.15) is 0 Å². The molecule has 2 aliphatic carbocycles. The molecule has 2 rings (SSSR count). The molecule has 2 aliphatic rings. The van der Waals surface area contributed by atoms with Crippen LogP contribution in [0.2, 0.25) is 0 Å². The van der Waals surface area contributed by atoms with E-state index in [0.717, 1.165) is 32.1 Å². The van der Waals surface area contributed by atoms with Crippen LogP contribution in [0.1, 0.15) is 46.0 Å². The third kappa shape index (κ3) is 1.02. The fraction of sp³-hybridized carbons (Fsp3) is 1.00. The second kappa shape index (κ2) is 2.71. The molecular weight excluding hydrogens is 164 g/mol. The highest BCUT2D eigenvalue weighted by Gasteiger charge is 2.59. The zero-order valence-electron chi connectivity index (χ0n) is 8.58. The SMILES string of the molecule is C[C@H]1CC[C@]2(CCC[C@H]2O)C1(C)O. The average molecular weight is 184 g/mol. The van der Waals surface area contributed by atoms with E-state index in [4.69, 9.17) is 0 Å². The summed E-state index contributed by atoms with van der Waals surface area (Å²) in [5.74, 6) is 0.334. The maximum atomic E-state index is 10.4. The summed E-state index contributed by atoms with van der Waals surface area (Å²) in [6.45, 7) is 4.01. The van der Waals surface area contributed by atoms with Crippen molar-refractivity contribution in [3.8, 4) is 0 Å². The molecule has 76 valence electrons. The lowest BCUT2D eigenvalue weighted by Gasteiger charge is -2.41. The van der Waals surface area contributed by atoms with Crippen molar-refractivity contribution >= 4 is 0 Å². The van der Waals surface area contributed by atoms with E-state index in [1.807, 2.05) is 6.92 Å². The second-order valence-electron chi connectivity index (χ2n) is 5.15. The number of aliphatic hydroxyl groups excluding tert-OH is 1. The lowest BCUT2D eigenvalue weighted by atomic mass is 9.70. The fourth-order valence-corrected chi connectivity index (χ4v) is 3.43. The molecule has 0 bridgehead atoms. The summed E-state index contributed by atoms with van der Waals surface area (Å²) in [5.41, 5.74) is -0.824. The minimum atomic E-state index is -0.650. The van der Waals surface area contributed by atoms with E-state index in [2.05, 4.69) is 6.92 Å². The van der Waals surface area contributed by atoms with Gasteiger partial charge in [0.15, 0.2) is 0 Å². The van der Waals surface area contributed by atoms with E-state index >= 15 is 0 Å². The third-order valence-electron chi connectivity index (χ3n) is 4.73. The van der Waals surface area contributed by atoms with Crippen molar-refractivity contribution in [3.63, 3.8) is 0 Å². The Kier molecular flexibility index (Phi) is 1.97. The fourth-order valence-electron chi connectivity index (χ4n) is 3.43. The van der Waals surface area contributed by atoms with Gasteiger partial charge in [0, 0.05) is 5.41 Å². The van der Waals surface area contributed by atoms with Gasteiger partial charge in [-0.1, -0.05) is 13.3 Å². The van der Waals surface area contributed by atoms with Gasteiger partial charge in [0.2, 0.25) is 0 Å². The van der Waals surface area contributed by atoms with Gasteiger partial charge < -0.3 is 10.2 Å². The lowest BCUT2D eigenvalue weighted by Crippen LogP contribution is -2.49. The summed E-state index contributed by atoms with van der Waals surface area (Å²) in [6, 6.07) is 0. The predicted molar refractivity (Wildman–Crippen MR) is 51.3 cm³/mol. The van der Waals surface area contributed by atoms with Crippen LogP contribution in [0.4, 0.5) is 0 Å². The number of hydrogen-bond acceptors (Lipinski definition) is 2. The first-order chi connectivity index (χ1) is 6.01. The Balaban J connectivity index is 2.32. The van der Waals surface area contributed by atoms with Crippen molar-refractivity contribution in [1.29, 1.82) is 0 Å². The standard InChI is InChI=1S/C11H20O2/c1-8-5-7-11(10(8,2)13)6-3-4-9(11)12/h8-9,12-13H,3-7H2,1-2H3/t8-,9+,10?,11-/m0/s1.